The average molecular weight is 439 g/mol. The number of halogens is 1. The molecule has 31 heavy (non-hydrogen) atoms. The van der Waals surface area contributed by atoms with Crippen LogP contribution in [0.25, 0.3) is 6.08 Å². The maximum Gasteiger partial charge on any atom is 0.293 e. The SMILES string of the molecule is Cc1cc2c(cc1/C=C1\SC(=O)N(Cc3ccc(F)cc3)C1=O)C(C)CC(C)(C)N2C. The fourth-order valence-corrected chi connectivity index (χ4v) is 5.27. The monoisotopic (exact) mass is 438 g/mol. The van der Waals surface area contributed by atoms with Gasteiger partial charge in [-0.05, 0) is 97.5 Å². The van der Waals surface area contributed by atoms with E-state index in [1.54, 1.807) is 12.1 Å². The van der Waals surface area contributed by atoms with Crippen molar-refractivity contribution in [2.75, 3.05) is 11.9 Å². The van der Waals surface area contributed by atoms with Crippen LogP contribution in [0.5, 0.6) is 0 Å². The fraction of sp³-hybridized carbons (Fsp3) is 0.360. The second-order valence-electron chi connectivity index (χ2n) is 9.14. The molecule has 0 N–H and O–H groups in total. The molecule has 0 radical (unpaired) electrons. The van der Waals surface area contributed by atoms with E-state index in [0.29, 0.717) is 10.8 Å². The molecule has 0 aliphatic carbocycles. The van der Waals surface area contributed by atoms with Crippen molar-refractivity contribution in [3.8, 4) is 0 Å². The van der Waals surface area contributed by atoms with Crippen molar-refractivity contribution in [2.24, 2.45) is 0 Å². The van der Waals surface area contributed by atoms with E-state index < -0.39 is 0 Å². The smallest absolute Gasteiger partial charge is 0.293 e. The summed E-state index contributed by atoms with van der Waals surface area (Å²) < 4.78 is 13.1. The molecule has 2 amide bonds. The number of aryl methyl sites for hydroxylation is 1. The van der Waals surface area contributed by atoms with Crippen molar-refractivity contribution in [1.82, 2.24) is 4.90 Å². The van der Waals surface area contributed by atoms with E-state index in [4.69, 9.17) is 0 Å². The van der Waals surface area contributed by atoms with Crippen molar-refractivity contribution in [2.45, 2.75) is 52.1 Å². The van der Waals surface area contributed by atoms with Gasteiger partial charge < -0.3 is 4.90 Å². The highest BCUT2D eigenvalue weighted by atomic mass is 32.2. The molecule has 0 spiro atoms. The molecule has 2 aromatic rings. The number of benzene rings is 2. The molecule has 2 aliphatic rings. The maximum absolute atomic E-state index is 13.1. The Labute approximate surface area is 187 Å². The largest absolute Gasteiger partial charge is 0.369 e. The summed E-state index contributed by atoms with van der Waals surface area (Å²) in [6, 6.07) is 10.2. The molecule has 1 unspecified atom stereocenters. The van der Waals surface area contributed by atoms with E-state index in [1.807, 2.05) is 13.0 Å². The number of hydrogen-bond acceptors (Lipinski definition) is 4. The van der Waals surface area contributed by atoms with E-state index in [9.17, 15) is 14.0 Å². The average Bonchev–Trinajstić information content (AvgIpc) is 2.96. The Balaban J connectivity index is 1.63. The lowest BCUT2D eigenvalue weighted by Crippen LogP contribution is -2.45. The van der Waals surface area contributed by atoms with Gasteiger partial charge >= 0.3 is 0 Å². The lowest BCUT2D eigenvalue weighted by atomic mass is 9.79. The summed E-state index contributed by atoms with van der Waals surface area (Å²) in [4.78, 5) is 29.4. The molecule has 1 fully saturated rings. The lowest BCUT2D eigenvalue weighted by molar-refractivity contribution is -0.123. The molecule has 0 bridgehead atoms. The molecule has 4 rings (SSSR count). The number of anilines is 1. The Hall–Kier alpha value is -2.60. The Bertz CT molecular complexity index is 1090. The normalized spacial score (nSPS) is 21.7. The van der Waals surface area contributed by atoms with E-state index in [-0.39, 0.29) is 29.0 Å². The summed E-state index contributed by atoms with van der Waals surface area (Å²) in [5.74, 6) is -0.242. The van der Waals surface area contributed by atoms with Gasteiger partial charge in [-0.15, -0.1) is 0 Å². The van der Waals surface area contributed by atoms with Gasteiger partial charge in [0.1, 0.15) is 5.82 Å². The minimum atomic E-state index is -0.344. The van der Waals surface area contributed by atoms with E-state index in [2.05, 4.69) is 44.9 Å². The number of thioether (sulfide) groups is 1. The topological polar surface area (TPSA) is 40.6 Å². The van der Waals surface area contributed by atoms with Gasteiger partial charge in [0.2, 0.25) is 0 Å². The number of rotatable bonds is 3. The Morgan fingerprint density at radius 1 is 1.19 bits per heavy atom. The van der Waals surface area contributed by atoms with Crippen molar-refractivity contribution in [3.05, 3.63) is 69.4 Å². The van der Waals surface area contributed by atoms with Crippen LogP contribution in [-0.2, 0) is 11.3 Å². The number of amides is 2. The molecule has 4 nitrogen and oxygen atoms in total. The zero-order valence-electron chi connectivity index (χ0n) is 18.5. The van der Waals surface area contributed by atoms with Crippen molar-refractivity contribution in [1.29, 1.82) is 0 Å². The fourth-order valence-electron chi connectivity index (χ4n) is 4.44. The summed E-state index contributed by atoms with van der Waals surface area (Å²) in [7, 11) is 2.13. The molecule has 1 atom stereocenters. The first-order valence-electron chi connectivity index (χ1n) is 10.4. The lowest BCUT2D eigenvalue weighted by Gasteiger charge is -2.45. The first-order valence-corrected chi connectivity index (χ1v) is 11.3. The van der Waals surface area contributed by atoms with Crippen LogP contribution in [0.2, 0.25) is 0 Å². The predicted octanol–water partition coefficient (Wildman–Crippen LogP) is 6.09. The van der Waals surface area contributed by atoms with Crippen LogP contribution in [0, 0.1) is 12.7 Å². The summed E-state index contributed by atoms with van der Waals surface area (Å²) in [5, 5.41) is -0.300. The minimum absolute atomic E-state index is 0.0867. The number of imide groups is 1. The van der Waals surface area contributed by atoms with Gasteiger partial charge in [-0.25, -0.2) is 4.39 Å². The van der Waals surface area contributed by atoms with Crippen LogP contribution in [0.1, 0.15) is 55.4 Å². The van der Waals surface area contributed by atoms with E-state index in [0.717, 1.165) is 34.9 Å². The second kappa shape index (κ2) is 7.83. The van der Waals surface area contributed by atoms with Crippen LogP contribution in [-0.4, -0.2) is 28.6 Å². The van der Waals surface area contributed by atoms with Gasteiger partial charge in [-0.2, -0.15) is 0 Å². The minimum Gasteiger partial charge on any atom is -0.369 e. The first-order chi connectivity index (χ1) is 14.6. The molecule has 0 saturated carbocycles. The highest BCUT2D eigenvalue weighted by molar-refractivity contribution is 8.18. The first kappa shape index (κ1) is 21.6. The number of carbonyl (C=O) groups excluding carboxylic acids is 2. The third kappa shape index (κ3) is 4.01. The Morgan fingerprint density at radius 3 is 2.55 bits per heavy atom. The van der Waals surface area contributed by atoms with E-state index >= 15 is 0 Å². The summed E-state index contributed by atoms with van der Waals surface area (Å²) in [5.41, 5.74) is 5.33. The summed E-state index contributed by atoms with van der Waals surface area (Å²) >= 11 is 0.960. The molecular formula is C25H27FN2O2S. The number of carbonyl (C=O) groups is 2. The molecule has 1 saturated heterocycles. The maximum atomic E-state index is 13.1. The van der Waals surface area contributed by atoms with Gasteiger partial charge in [0.05, 0.1) is 11.4 Å². The molecule has 0 aromatic heterocycles. The molecule has 2 heterocycles. The second-order valence-corrected chi connectivity index (χ2v) is 10.1. The zero-order valence-corrected chi connectivity index (χ0v) is 19.3. The van der Waals surface area contributed by atoms with Gasteiger partial charge in [0.15, 0.2) is 0 Å². The Morgan fingerprint density at radius 2 is 1.87 bits per heavy atom. The third-order valence-corrected chi connectivity index (χ3v) is 7.34. The highest BCUT2D eigenvalue weighted by Gasteiger charge is 2.36. The molecule has 2 aliphatic heterocycles. The molecule has 162 valence electrons. The van der Waals surface area contributed by atoms with Crippen LogP contribution < -0.4 is 4.90 Å². The Kier molecular flexibility index (Phi) is 5.46. The zero-order chi connectivity index (χ0) is 22.5. The van der Waals surface area contributed by atoms with Gasteiger partial charge in [0, 0.05) is 18.3 Å². The summed E-state index contributed by atoms with van der Waals surface area (Å²) in [6.07, 6.45) is 2.88. The summed E-state index contributed by atoms with van der Waals surface area (Å²) in [6.45, 7) is 8.93. The highest BCUT2D eigenvalue weighted by Crippen LogP contribution is 2.44. The van der Waals surface area contributed by atoms with Gasteiger partial charge in [0.25, 0.3) is 11.1 Å². The quantitative estimate of drug-likeness (QED) is 0.544. The number of hydrogen-bond donors (Lipinski definition) is 0. The number of fused-ring (bicyclic) bond motifs is 1. The third-order valence-electron chi connectivity index (χ3n) is 6.44. The molecular weight excluding hydrogens is 411 g/mol. The molecule has 6 heteroatoms. The van der Waals surface area contributed by atoms with Crippen LogP contribution >= 0.6 is 11.8 Å². The number of nitrogens with zero attached hydrogens (tertiary/aromatic N) is 2. The van der Waals surface area contributed by atoms with Gasteiger partial charge in [-0.3, -0.25) is 14.5 Å². The van der Waals surface area contributed by atoms with Crippen molar-refractivity contribution < 1.29 is 14.0 Å². The van der Waals surface area contributed by atoms with E-state index in [1.165, 1.54) is 28.3 Å². The predicted molar refractivity (Wildman–Crippen MR) is 125 cm³/mol. The van der Waals surface area contributed by atoms with Crippen LogP contribution in [0.3, 0.4) is 0 Å². The van der Waals surface area contributed by atoms with Gasteiger partial charge in [-0.1, -0.05) is 19.1 Å². The molecule has 2 aromatic carbocycles. The standard InChI is InChI=1S/C25H27FN2O2S/c1-15-10-21-20(16(2)13-25(3,4)27(21)5)11-18(15)12-22-23(29)28(24(30)31-22)14-17-6-8-19(26)9-7-17/h6-12,16H,13-14H2,1-5H3/b22-12-. The van der Waals surface area contributed by atoms with Crippen molar-refractivity contribution >= 4 is 34.7 Å². The van der Waals surface area contributed by atoms with Crippen LogP contribution in [0.4, 0.5) is 14.9 Å². The van der Waals surface area contributed by atoms with Crippen LogP contribution in [0.15, 0.2) is 41.3 Å². The van der Waals surface area contributed by atoms with Crippen molar-refractivity contribution in [3.63, 3.8) is 0 Å².